The Morgan fingerprint density at radius 3 is 2.79 bits per heavy atom. The summed E-state index contributed by atoms with van der Waals surface area (Å²) < 4.78 is 0. The highest BCUT2D eigenvalue weighted by Gasteiger charge is 1.91. The molecule has 0 aliphatic rings. The minimum absolute atomic E-state index is 0.550. The van der Waals surface area contributed by atoms with Crippen molar-refractivity contribution < 1.29 is 0 Å². The van der Waals surface area contributed by atoms with Crippen LogP contribution in [-0.2, 0) is 0 Å². The van der Waals surface area contributed by atoms with Gasteiger partial charge in [0.15, 0.2) is 0 Å². The molecule has 1 heterocycles. The Morgan fingerprint density at radius 2 is 2.21 bits per heavy atom. The van der Waals surface area contributed by atoms with Gasteiger partial charge in [0, 0.05) is 17.6 Å². The molecule has 1 heteroatoms. The van der Waals surface area contributed by atoms with E-state index in [1.807, 2.05) is 24.5 Å². The second kappa shape index (κ2) is 4.75. The van der Waals surface area contributed by atoms with Gasteiger partial charge in [-0.3, -0.25) is 4.98 Å². The quantitative estimate of drug-likeness (QED) is 0.689. The molecule has 0 radical (unpaired) electrons. The van der Waals surface area contributed by atoms with Crippen molar-refractivity contribution in [2.45, 2.75) is 20.8 Å². The zero-order valence-electron chi connectivity index (χ0n) is 9.12. The number of allylic oxidation sites excluding steroid dienone is 1. The zero-order chi connectivity index (χ0) is 10.6. The molecule has 0 amide bonds. The first kappa shape index (κ1) is 10.7. The third kappa shape index (κ3) is 2.56. The zero-order valence-corrected chi connectivity index (χ0v) is 9.12. The Hall–Kier alpha value is -1.37. The Morgan fingerprint density at radius 1 is 1.50 bits per heavy atom. The molecule has 74 valence electrons. The molecule has 1 rings (SSSR count). The summed E-state index contributed by atoms with van der Waals surface area (Å²) in [5, 5.41) is 2.42. The average Bonchev–Trinajstić information content (AvgIpc) is 2.16. The van der Waals surface area contributed by atoms with E-state index in [2.05, 4.69) is 38.4 Å². The number of aromatic nitrogens is 1. The number of nitrogens with zero attached hydrogens (tertiary/aromatic N) is 1. The lowest BCUT2D eigenvalue weighted by molar-refractivity contribution is 0.879. The molecule has 0 N–H and O–H groups in total. The molecule has 0 unspecified atom stereocenters. The SMILES string of the molecule is C=C/C(C)=c1/cncc/c1=C/C(C)C. The first-order valence-electron chi connectivity index (χ1n) is 4.90. The van der Waals surface area contributed by atoms with Crippen LogP contribution in [0.4, 0.5) is 0 Å². The third-order valence-electron chi connectivity index (χ3n) is 2.10. The number of rotatable bonds is 2. The molecule has 0 bridgehead atoms. The van der Waals surface area contributed by atoms with Gasteiger partial charge in [0.2, 0.25) is 0 Å². The summed E-state index contributed by atoms with van der Waals surface area (Å²) in [7, 11) is 0. The molecule has 1 aromatic heterocycles. The van der Waals surface area contributed by atoms with E-state index in [1.165, 1.54) is 16.0 Å². The molecule has 0 aliphatic heterocycles. The Bertz CT molecular complexity index is 427. The first-order valence-corrected chi connectivity index (χ1v) is 4.90. The lowest BCUT2D eigenvalue weighted by Gasteiger charge is -1.97. The summed E-state index contributed by atoms with van der Waals surface area (Å²) in [5.41, 5.74) is 1.17. The Labute approximate surface area is 85.5 Å². The molecular weight excluding hydrogens is 170 g/mol. The van der Waals surface area contributed by atoms with Crippen LogP contribution in [0.1, 0.15) is 20.8 Å². The smallest absolute Gasteiger partial charge is 0.0348 e. The largest absolute Gasteiger partial charge is 0.264 e. The standard InChI is InChI=1S/C13H17N/c1-5-11(4)13-9-14-7-6-12(13)8-10(2)3/h5-10H,1H2,2-4H3/b12-8-,13-11-. The number of hydrogen-bond acceptors (Lipinski definition) is 1. The van der Waals surface area contributed by atoms with Gasteiger partial charge >= 0.3 is 0 Å². The topological polar surface area (TPSA) is 12.9 Å². The maximum Gasteiger partial charge on any atom is 0.0348 e. The first-order chi connectivity index (χ1) is 6.65. The van der Waals surface area contributed by atoms with Crippen LogP contribution in [0.25, 0.3) is 11.6 Å². The molecule has 0 saturated carbocycles. The van der Waals surface area contributed by atoms with Crippen molar-refractivity contribution in [3.05, 3.63) is 41.6 Å². The van der Waals surface area contributed by atoms with Crippen molar-refractivity contribution in [1.82, 2.24) is 4.98 Å². The van der Waals surface area contributed by atoms with E-state index in [-0.39, 0.29) is 0 Å². The average molecular weight is 187 g/mol. The van der Waals surface area contributed by atoms with Gasteiger partial charge in [-0.25, -0.2) is 0 Å². The molecule has 0 spiro atoms. The van der Waals surface area contributed by atoms with Crippen molar-refractivity contribution in [2.75, 3.05) is 0 Å². The van der Waals surface area contributed by atoms with Crippen molar-refractivity contribution in [1.29, 1.82) is 0 Å². The van der Waals surface area contributed by atoms with Crippen LogP contribution in [0.5, 0.6) is 0 Å². The van der Waals surface area contributed by atoms with Crippen molar-refractivity contribution >= 4 is 11.6 Å². The summed E-state index contributed by atoms with van der Waals surface area (Å²) in [6, 6.07) is 2.04. The predicted octanol–water partition coefficient (Wildman–Crippen LogP) is 1.87. The Balaban J connectivity index is 3.53. The van der Waals surface area contributed by atoms with Crippen LogP contribution in [0, 0.1) is 5.92 Å². The van der Waals surface area contributed by atoms with Crippen LogP contribution in [0.3, 0.4) is 0 Å². The van der Waals surface area contributed by atoms with Crippen LogP contribution in [0.2, 0.25) is 0 Å². The maximum absolute atomic E-state index is 4.13. The van der Waals surface area contributed by atoms with Crippen LogP contribution in [0.15, 0.2) is 31.1 Å². The minimum atomic E-state index is 0.550. The summed E-state index contributed by atoms with van der Waals surface area (Å²) in [5.74, 6) is 0.550. The van der Waals surface area contributed by atoms with E-state index in [0.29, 0.717) is 5.92 Å². The highest BCUT2D eigenvalue weighted by Crippen LogP contribution is 1.92. The van der Waals surface area contributed by atoms with E-state index in [0.717, 1.165) is 0 Å². The normalized spacial score (nSPS) is 14.4. The van der Waals surface area contributed by atoms with Crippen LogP contribution in [-0.4, -0.2) is 4.98 Å². The van der Waals surface area contributed by atoms with Gasteiger partial charge in [-0.2, -0.15) is 0 Å². The van der Waals surface area contributed by atoms with Gasteiger partial charge in [-0.05, 0) is 29.7 Å². The van der Waals surface area contributed by atoms with Crippen molar-refractivity contribution in [3.63, 3.8) is 0 Å². The fourth-order valence-electron chi connectivity index (χ4n) is 1.35. The fourth-order valence-corrected chi connectivity index (χ4v) is 1.35. The number of hydrogen-bond donors (Lipinski definition) is 0. The van der Waals surface area contributed by atoms with Gasteiger partial charge in [0.05, 0.1) is 0 Å². The molecule has 0 fully saturated rings. The van der Waals surface area contributed by atoms with Crippen molar-refractivity contribution in [2.24, 2.45) is 5.92 Å². The highest BCUT2D eigenvalue weighted by atomic mass is 14.6. The highest BCUT2D eigenvalue weighted by molar-refractivity contribution is 5.53. The van der Waals surface area contributed by atoms with E-state index < -0.39 is 0 Å². The molecule has 0 atom stereocenters. The molecule has 0 aromatic carbocycles. The van der Waals surface area contributed by atoms with Gasteiger partial charge in [-0.1, -0.05) is 32.6 Å². The lowest BCUT2D eigenvalue weighted by atomic mass is 10.1. The fraction of sp³-hybridized carbons (Fsp3) is 0.308. The molecule has 1 aromatic rings. The Kier molecular flexibility index (Phi) is 3.63. The monoisotopic (exact) mass is 187 g/mol. The van der Waals surface area contributed by atoms with Gasteiger partial charge in [0.25, 0.3) is 0 Å². The summed E-state index contributed by atoms with van der Waals surface area (Å²) >= 11 is 0. The van der Waals surface area contributed by atoms with E-state index >= 15 is 0 Å². The van der Waals surface area contributed by atoms with Gasteiger partial charge < -0.3 is 0 Å². The summed E-state index contributed by atoms with van der Waals surface area (Å²) in [6.07, 6.45) is 7.83. The predicted molar refractivity (Wildman–Crippen MR) is 62.1 cm³/mol. The summed E-state index contributed by atoms with van der Waals surface area (Å²) in [6.45, 7) is 10.2. The van der Waals surface area contributed by atoms with Gasteiger partial charge in [-0.15, -0.1) is 0 Å². The van der Waals surface area contributed by atoms with Crippen LogP contribution >= 0.6 is 0 Å². The maximum atomic E-state index is 4.13. The van der Waals surface area contributed by atoms with E-state index in [4.69, 9.17) is 0 Å². The molecule has 1 nitrogen and oxygen atoms in total. The molecule has 0 saturated heterocycles. The van der Waals surface area contributed by atoms with Crippen molar-refractivity contribution in [3.8, 4) is 0 Å². The second-order valence-corrected chi connectivity index (χ2v) is 3.76. The van der Waals surface area contributed by atoms with Crippen LogP contribution < -0.4 is 10.4 Å². The molecular formula is C13H17N. The second-order valence-electron chi connectivity index (χ2n) is 3.76. The minimum Gasteiger partial charge on any atom is -0.264 e. The lowest BCUT2D eigenvalue weighted by Crippen LogP contribution is -2.27. The number of pyridine rings is 1. The third-order valence-corrected chi connectivity index (χ3v) is 2.10. The van der Waals surface area contributed by atoms with Gasteiger partial charge in [0.1, 0.15) is 0 Å². The van der Waals surface area contributed by atoms with E-state index in [9.17, 15) is 0 Å². The molecule has 0 aliphatic carbocycles. The molecule has 14 heavy (non-hydrogen) atoms. The van der Waals surface area contributed by atoms with E-state index in [1.54, 1.807) is 0 Å². The summed E-state index contributed by atoms with van der Waals surface area (Å²) in [4.78, 5) is 4.13.